The summed E-state index contributed by atoms with van der Waals surface area (Å²) in [4.78, 5) is 24.6. The normalized spacial score (nSPS) is 11.0. The fourth-order valence-corrected chi connectivity index (χ4v) is 2.30. The van der Waals surface area contributed by atoms with Gasteiger partial charge in [0.2, 0.25) is 5.91 Å². The minimum absolute atomic E-state index is 0.00889. The van der Waals surface area contributed by atoms with Gasteiger partial charge in [-0.25, -0.2) is 0 Å². The van der Waals surface area contributed by atoms with Crippen molar-refractivity contribution in [1.29, 1.82) is 0 Å². The monoisotopic (exact) mass is 324 g/mol. The van der Waals surface area contributed by atoms with Crippen LogP contribution in [-0.4, -0.2) is 21.8 Å². The van der Waals surface area contributed by atoms with Crippen LogP contribution < -0.4 is 0 Å². The highest BCUT2D eigenvalue weighted by atomic mass is 16.6. The van der Waals surface area contributed by atoms with E-state index in [1.54, 1.807) is 23.1 Å². The van der Waals surface area contributed by atoms with E-state index in [0.29, 0.717) is 12.1 Å². The molecule has 0 saturated carbocycles. The van der Waals surface area contributed by atoms with Crippen molar-refractivity contribution in [3.05, 3.63) is 81.9 Å². The Morgan fingerprint density at radius 2 is 1.88 bits per heavy atom. The maximum absolute atomic E-state index is 12.5. The molecule has 0 bridgehead atoms. The first-order valence-corrected chi connectivity index (χ1v) is 7.74. The quantitative estimate of drug-likeness (QED) is 0.457. The van der Waals surface area contributed by atoms with Crippen LogP contribution in [0.2, 0.25) is 0 Å². The number of rotatable bonds is 6. The minimum atomic E-state index is -0.449. The maximum atomic E-state index is 12.5. The van der Waals surface area contributed by atoms with Crippen LogP contribution in [0.3, 0.4) is 0 Å². The van der Waals surface area contributed by atoms with Crippen LogP contribution >= 0.6 is 0 Å². The first kappa shape index (κ1) is 17.4. The Hall–Kier alpha value is -2.95. The highest BCUT2D eigenvalue weighted by Crippen LogP contribution is 2.15. The van der Waals surface area contributed by atoms with Crippen LogP contribution in [0.15, 0.2) is 60.7 Å². The Labute approximate surface area is 141 Å². The van der Waals surface area contributed by atoms with Gasteiger partial charge in [0.25, 0.3) is 5.69 Å². The highest BCUT2D eigenvalue weighted by molar-refractivity contribution is 5.92. The summed E-state index contributed by atoms with van der Waals surface area (Å²) in [6, 6.07) is 16.0. The second kappa shape index (κ2) is 8.06. The van der Waals surface area contributed by atoms with Gasteiger partial charge < -0.3 is 4.90 Å². The van der Waals surface area contributed by atoms with E-state index >= 15 is 0 Å². The third-order valence-corrected chi connectivity index (χ3v) is 3.60. The zero-order valence-electron chi connectivity index (χ0n) is 13.8. The largest absolute Gasteiger partial charge is 0.332 e. The summed E-state index contributed by atoms with van der Waals surface area (Å²) in [7, 11) is 0. The van der Waals surface area contributed by atoms with Crippen LogP contribution in [0.5, 0.6) is 0 Å². The van der Waals surface area contributed by atoms with Crippen molar-refractivity contribution in [3.8, 4) is 0 Å². The molecule has 0 fully saturated rings. The van der Waals surface area contributed by atoms with E-state index in [4.69, 9.17) is 0 Å². The predicted octanol–water partition coefficient (Wildman–Crippen LogP) is 4.05. The van der Waals surface area contributed by atoms with Crippen LogP contribution in [-0.2, 0) is 11.3 Å². The van der Waals surface area contributed by atoms with Gasteiger partial charge in [-0.05, 0) is 31.1 Å². The van der Waals surface area contributed by atoms with Gasteiger partial charge >= 0.3 is 0 Å². The molecular formula is C19H20N2O3. The molecule has 2 aromatic carbocycles. The fourth-order valence-electron chi connectivity index (χ4n) is 2.30. The fraction of sp³-hybridized carbons (Fsp3) is 0.211. The van der Waals surface area contributed by atoms with Crippen molar-refractivity contribution in [1.82, 2.24) is 4.90 Å². The number of hydrogen-bond acceptors (Lipinski definition) is 3. The molecule has 0 aliphatic carbocycles. The summed E-state index contributed by atoms with van der Waals surface area (Å²) < 4.78 is 0. The van der Waals surface area contributed by atoms with E-state index in [2.05, 4.69) is 0 Å². The van der Waals surface area contributed by atoms with E-state index in [1.807, 2.05) is 44.2 Å². The van der Waals surface area contributed by atoms with Crippen molar-refractivity contribution in [2.24, 2.45) is 0 Å². The van der Waals surface area contributed by atoms with Crippen molar-refractivity contribution in [3.63, 3.8) is 0 Å². The average molecular weight is 324 g/mol. The molecule has 24 heavy (non-hydrogen) atoms. The first-order valence-electron chi connectivity index (χ1n) is 7.74. The third kappa shape index (κ3) is 4.78. The number of hydrogen-bond donors (Lipinski definition) is 0. The van der Waals surface area contributed by atoms with E-state index in [9.17, 15) is 14.9 Å². The summed E-state index contributed by atoms with van der Waals surface area (Å²) >= 11 is 0. The molecule has 0 atom stereocenters. The molecule has 0 N–H and O–H groups in total. The lowest BCUT2D eigenvalue weighted by atomic mass is 10.1. The molecule has 0 saturated heterocycles. The summed E-state index contributed by atoms with van der Waals surface area (Å²) in [5.41, 5.74) is 1.69. The van der Waals surface area contributed by atoms with Gasteiger partial charge in [0.05, 0.1) is 4.92 Å². The SMILES string of the molecule is CC(C)N(Cc1ccccc1)C(=O)/C=C/c1cccc([N+](=O)[O-])c1. The van der Waals surface area contributed by atoms with Crippen LogP contribution in [0, 0.1) is 10.1 Å². The topological polar surface area (TPSA) is 63.5 Å². The van der Waals surface area contributed by atoms with Gasteiger partial charge in [0.1, 0.15) is 0 Å². The van der Waals surface area contributed by atoms with Gasteiger partial charge in [-0.3, -0.25) is 14.9 Å². The van der Waals surface area contributed by atoms with Crippen LogP contribution in [0.1, 0.15) is 25.0 Å². The first-order chi connectivity index (χ1) is 11.5. The smallest absolute Gasteiger partial charge is 0.270 e. The molecule has 0 unspecified atom stereocenters. The number of non-ortho nitro benzene ring substituents is 1. The van der Waals surface area contributed by atoms with Crippen LogP contribution in [0.4, 0.5) is 5.69 Å². The Kier molecular flexibility index (Phi) is 5.84. The highest BCUT2D eigenvalue weighted by Gasteiger charge is 2.15. The van der Waals surface area contributed by atoms with Gasteiger partial charge in [-0.15, -0.1) is 0 Å². The lowest BCUT2D eigenvalue weighted by Crippen LogP contribution is -2.35. The molecule has 124 valence electrons. The number of nitrogens with zero attached hydrogens (tertiary/aromatic N) is 2. The summed E-state index contributed by atoms with van der Waals surface area (Å²) in [6.07, 6.45) is 3.07. The number of carbonyl (C=O) groups is 1. The minimum Gasteiger partial charge on any atom is -0.332 e. The number of nitro groups is 1. The maximum Gasteiger partial charge on any atom is 0.270 e. The lowest BCUT2D eigenvalue weighted by Gasteiger charge is -2.25. The molecule has 0 radical (unpaired) electrons. The Bertz CT molecular complexity index is 739. The molecule has 0 aliphatic rings. The van der Waals surface area contributed by atoms with Gasteiger partial charge in [-0.2, -0.15) is 0 Å². The Morgan fingerprint density at radius 1 is 1.17 bits per heavy atom. The molecule has 0 aromatic heterocycles. The molecule has 1 amide bonds. The lowest BCUT2D eigenvalue weighted by molar-refractivity contribution is -0.384. The van der Waals surface area contributed by atoms with Crippen molar-refractivity contribution >= 4 is 17.7 Å². The van der Waals surface area contributed by atoms with E-state index in [1.165, 1.54) is 18.2 Å². The molecule has 0 aliphatic heterocycles. The van der Waals surface area contributed by atoms with E-state index < -0.39 is 4.92 Å². The molecule has 5 heteroatoms. The van der Waals surface area contributed by atoms with Gasteiger partial charge in [-0.1, -0.05) is 42.5 Å². The zero-order valence-corrected chi connectivity index (χ0v) is 13.8. The van der Waals surface area contributed by atoms with E-state index in [-0.39, 0.29) is 17.6 Å². The predicted molar refractivity (Wildman–Crippen MR) is 94.3 cm³/mol. The molecule has 2 rings (SSSR count). The molecule has 0 spiro atoms. The summed E-state index contributed by atoms with van der Waals surface area (Å²) in [5.74, 6) is -0.125. The molecular weight excluding hydrogens is 304 g/mol. The standard InChI is InChI=1S/C19H20N2O3/c1-15(2)20(14-17-7-4-3-5-8-17)19(22)12-11-16-9-6-10-18(13-16)21(23)24/h3-13,15H,14H2,1-2H3/b12-11+. The van der Waals surface area contributed by atoms with Crippen molar-refractivity contribution in [2.45, 2.75) is 26.4 Å². The van der Waals surface area contributed by atoms with Crippen molar-refractivity contribution < 1.29 is 9.72 Å². The Morgan fingerprint density at radius 3 is 2.50 bits per heavy atom. The third-order valence-electron chi connectivity index (χ3n) is 3.60. The number of carbonyl (C=O) groups excluding carboxylic acids is 1. The van der Waals surface area contributed by atoms with Gasteiger partial charge in [0, 0.05) is 30.8 Å². The van der Waals surface area contributed by atoms with Crippen molar-refractivity contribution in [2.75, 3.05) is 0 Å². The number of benzene rings is 2. The van der Waals surface area contributed by atoms with E-state index in [0.717, 1.165) is 5.56 Å². The Balaban J connectivity index is 2.13. The second-order valence-corrected chi connectivity index (χ2v) is 5.73. The zero-order chi connectivity index (χ0) is 17.5. The molecule has 0 heterocycles. The van der Waals surface area contributed by atoms with Gasteiger partial charge in [0.15, 0.2) is 0 Å². The molecule has 2 aromatic rings. The summed E-state index contributed by atoms with van der Waals surface area (Å²) in [5, 5.41) is 10.8. The van der Waals surface area contributed by atoms with Crippen LogP contribution in [0.25, 0.3) is 6.08 Å². The average Bonchev–Trinajstić information content (AvgIpc) is 2.58. The number of amides is 1. The summed E-state index contributed by atoms with van der Waals surface area (Å²) in [6.45, 7) is 4.45. The molecule has 5 nitrogen and oxygen atoms in total. The second-order valence-electron chi connectivity index (χ2n) is 5.73. The number of nitro benzene ring substituents is 1.